The normalized spacial score (nSPS) is 14.9. The van der Waals surface area contributed by atoms with Crippen molar-refractivity contribution < 1.29 is 17.9 Å². The van der Waals surface area contributed by atoms with Crippen molar-refractivity contribution in [3.8, 4) is 5.75 Å². The van der Waals surface area contributed by atoms with Crippen molar-refractivity contribution in [2.75, 3.05) is 37.7 Å². The predicted molar refractivity (Wildman–Crippen MR) is 128 cm³/mol. The number of aromatic nitrogens is 1. The molecule has 1 saturated heterocycles. The summed E-state index contributed by atoms with van der Waals surface area (Å²) in [5, 5.41) is 0.453. The first-order valence-electron chi connectivity index (χ1n) is 10.7. The summed E-state index contributed by atoms with van der Waals surface area (Å²) >= 11 is 1.63. The van der Waals surface area contributed by atoms with Gasteiger partial charge >= 0.3 is 0 Å². The van der Waals surface area contributed by atoms with E-state index in [0.29, 0.717) is 38.3 Å². The minimum absolute atomic E-state index is 0.0798. The Morgan fingerprint density at radius 3 is 2.41 bits per heavy atom. The molecule has 0 aliphatic carbocycles. The molecule has 0 N–H and O–H groups in total. The van der Waals surface area contributed by atoms with Crippen molar-refractivity contribution >= 4 is 42.4 Å². The second-order valence-electron chi connectivity index (χ2n) is 7.96. The Bertz CT molecular complexity index is 1210. The molecule has 4 rings (SSSR count). The number of carbonyl (C=O) groups excluding carboxylic acids is 1. The lowest BCUT2D eigenvalue weighted by Crippen LogP contribution is -2.48. The fraction of sp³-hybridized carbons (Fsp3) is 0.391. The Kier molecular flexibility index (Phi) is 6.39. The number of thiazole rings is 1. The number of amides is 1. The third kappa shape index (κ3) is 4.45. The molecule has 170 valence electrons. The SMILES string of the molecule is CCOc1ccc2nc(N3CCN(C(=O)c4ccc(S(=O)(=O)C(C)C)cc4)CC3)sc2c1. The highest BCUT2D eigenvalue weighted by molar-refractivity contribution is 7.92. The number of benzene rings is 2. The number of rotatable bonds is 6. The highest BCUT2D eigenvalue weighted by atomic mass is 32.2. The van der Waals surface area contributed by atoms with Gasteiger partial charge in [-0.15, -0.1) is 0 Å². The van der Waals surface area contributed by atoms with Crippen molar-refractivity contribution in [3.63, 3.8) is 0 Å². The molecule has 2 heterocycles. The molecule has 0 radical (unpaired) electrons. The lowest BCUT2D eigenvalue weighted by atomic mass is 10.2. The average molecular weight is 474 g/mol. The molecule has 9 heteroatoms. The van der Waals surface area contributed by atoms with Gasteiger partial charge < -0.3 is 14.5 Å². The zero-order valence-corrected chi connectivity index (χ0v) is 20.1. The Morgan fingerprint density at radius 2 is 1.78 bits per heavy atom. The van der Waals surface area contributed by atoms with Crippen LogP contribution in [0.15, 0.2) is 47.4 Å². The number of carbonyl (C=O) groups is 1. The summed E-state index contributed by atoms with van der Waals surface area (Å²) in [4.78, 5) is 21.9. The van der Waals surface area contributed by atoms with Gasteiger partial charge in [-0.05, 0) is 63.2 Å². The molecular formula is C23H27N3O4S2. The smallest absolute Gasteiger partial charge is 0.253 e. The van der Waals surface area contributed by atoms with E-state index in [4.69, 9.17) is 9.72 Å². The van der Waals surface area contributed by atoms with E-state index in [1.165, 1.54) is 12.1 Å². The molecule has 0 spiro atoms. The zero-order chi connectivity index (χ0) is 22.9. The number of anilines is 1. The predicted octanol–water partition coefficient (Wildman–Crippen LogP) is 3.84. The molecule has 1 fully saturated rings. The van der Waals surface area contributed by atoms with Crippen LogP contribution in [0.1, 0.15) is 31.1 Å². The average Bonchev–Trinajstić information content (AvgIpc) is 3.22. The van der Waals surface area contributed by atoms with Crippen LogP contribution in [0.2, 0.25) is 0 Å². The second-order valence-corrected chi connectivity index (χ2v) is 11.5. The van der Waals surface area contributed by atoms with Crippen LogP contribution < -0.4 is 9.64 Å². The van der Waals surface area contributed by atoms with Crippen LogP contribution in [0.3, 0.4) is 0 Å². The minimum atomic E-state index is -3.34. The number of nitrogens with zero attached hydrogens (tertiary/aromatic N) is 3. The third-order valence-electron chi connectivity index (χ3n) is 5.55. The molecule has 1 aliphatic heterocycles. The number of sulfone groups is 1. The summed E-state index contributed by atoms with van der Waals surface area (Å²) < 4.78 is 31.2. The van der Waals surface area contributed by atoms with Gasteiger partial charge in [-0.1, -0.05) is 11.3 Å². The second kappa shape index (κ2) is 9.07. The molecule has 7 nitrogen and oxygen atoms in total. The van der Waals surface area contributed by atoms with Crippen molar-refractivity contribution in [2.24, 2.45) is 0 Å². The van der Waals surface area contributed by atoms with Gasteiger partial charge in [-0.2, -0.15) is 0 Å². The quantitative estimate of drug-likeness (QED) is 0.541. The van der Waals surface area contributed by atoms with Crippen molar-refractivity contribution in [1.29, 1.82) is 0 Å². The Hall–Kier alpha value is -2.65. The Balaban J connectivity index is 1.41. The van der Waals surface area contributed by atoms with Crippen molar-refractivity contribution in [3.05, 3.63) is 48.0 Å². The lowest BCUT2D eigenvalue weighted by Gasteiger charge is -2.34. The summed E-state index contributed by atoms with van der Waals surface area (Å²) in [6.45, 7) is 8.46. The first kappa shape index (κ1) is 22.5. The van der Waals surface area contributed by atoms with E-state index in [0.717, 1.165) is 21.1 Å². The monoisotopic (exact) mass is 473 g/mol. The summed E-state index contributed by atoms with van der Waals surface area (Å²) in [5.41, 5.74) is 1.45. The topological polar surface area (TPSA) is 79.8 Å². The van der Waals surface area contributed by atoms with Crippen LogP contribution in [-0.4, -0.2) is 62.2 Å². The molecule has 0 saturated carbocycles. The van der Waals surface area contributed by atoms with E-state index in [1.807, 2.05) is 30.0 Å². The molecule has 1 aliphatic rings. The fourth-order valence-corrected chi connectivity index (χ4v) is 5.73. The van der Waals surface area contributed by atoms with Crippen LogP contribution in [0, 0.1) is 0 Å². The van der Waals surface area contributed by atoms with Gasteiger partial charge in [-0.25, -0.2) is 13.4 Å². The van der Waals surface area contributed by atoms with E-state index < -0.39 is 15.1 Å². The standard InChI is InChI=1S/C23H27N3O4S2/c1-4-30-18-7-10-20-21(15-18)31-23(24-20)26-13-11-25(12-14-26)22(27)17-5-8-19(9-6-17)32(28,29)16(2)3/h5-10,15-16H,4,11-14H2,1-3H3. The van der Waals surface area contributed by atoms with Crippen LogP contribution in [0.25, 0.3) is 10.2 Å². The molecule has 0 atom stereocenters. The maximum absolute atomic E-state index is 12.9. The fourth-order valence-electron chi connectivity index (χ4n) is 3.63. The van der Waals surface area contributed by atoms with Crippen LogP contribution in [-0.2, 0) is 9.84 Å². The highest BCUT2D eigenvalue weighted by Gasteiger charge is 2.25. The number of ether oxygens (including phenoxy) is 1. The van der Waals surface area contributed by atoms with E-state index in [2.05, 4.69) is 4.90 Å². The largest absolute Gasteiger partial charge is 0.494 e. The lowest BCUT2D eigenvalue weighted by molar-refractivity contribution is 0.0746. The maximum Gasteiger partial charge on any atom is 0.253 e. The van der Waals surface area contributed by atoms with Gasteiger partial charge in [0.25, 0.3) is 5.91 Å². The molecule has 0 bridgehead atoms. The molecular weight excluding hydrogens is 446 g/mol. The summed E-state index contributed by atoms with van der Waals surface area (Å²) in [5.74, 6) is 0.765. The summed E-state index contributed by atoms with van der Waals surface area (Å²) in [6.07, 6.45) is 0. The number of piperazine rings is 1. The Labute approximate surface area is 192 Å². The van der Waals surface area contributed by atoms with Crippen molar-refractivity contribution in [2.45, 2.75) is 30.9 Å². The van der Waals surface area contributed by atoms with Crippen LogP contribution in [0.4, 0.5) is 5.13 Å². The summed E-state index contributed by atoms with van der Waals surface area (Å²) in [7, 11) is -3.34. The maximum atomic E-state index is 12.9. The van der Waals surface area contributed by atoms with E-state index in [9.17, 15) is 13.2 Å². The molecule has 1 amide bonds. The molecule has 2 aromatic carbocycles. The first-order chi connectivity index (χ1) is 15.3. The molecule has 3 aromatic rings. The van der Waals surface area contributed by atoms with Gasteiger partial charge in [0.05, 0.1) is 27.0 Å². The number of hydrogen-bond donors (Lipinski definition) is 0. The van der Waals surface area contributed by atoms with E-state index >= 15 is 0 Å². The minimum Gasteiger partial charge on any atom is -0.494 e. The van der Waals surface area contributed by atoms with Gasteiger partial charge in [0.1, 0.15) is 5.75 Å². The molecule has 32 heavy (non-hydrogen) atoms. The summed E-state index contributed by atoms with van der Waals surface area (Å²) in [6, 6.07) is 12.2. The molecule has 0 unspecified atom stereocenters. The Morgan fingerprint density at radius 1 is 1.09 bits per heavy atom. The van der Waals surface area contributed by atoms with Gasteiger partial charge in [-0.3, -0.25) is 4.79 Å². The van der Waals surface area contributed by atoms with Gasteiger partial charge in [0, 0.05) is 31.7 Å². The first-order valence-corrected chi connectivity index (χ1v) is 13.1. The van der Waals surface area contributed by atoms with Gasteiger partial charge in [0.15, 0.2) is 15.0 Å². The number of hydrogen-bond acceptors (Lipinski definition) is 7. The van der Waals surface area contributed by atoms with Crippen LogP contribution >= 0.6 is 11.3 Å². The van der Waals surface area contributed by atoms with E-state index in [1.54, 1.807) is 37.3 Å². The number of fused-ring (bicyclic) bond motifs is 1. The highest BCUT2D eigenvalue weighted by Crippen LogP contribution is 2.32. The van der Waals surface area contributed by atoms with E-state index in [-0.39, 0.29) is 10.8 Å². The third-order valence-corrected chi connectivity index (χ3v) is 8.80. The van der Waals surface area contributed by atoms with Crippen LogP contribution in [0.5, 0.6) is 5.75 Å². The zero-order valence-electron chi connectivity index (χ0n) is 18.4. The van der Waals surface area contributed by atoms with Crippen molar-refractivity contribution in [1.82, 2.24) is 9.88 Å². The van der Waals surface area contributed by atoms with Gasteiger partial charge in [0.2, 0.25) is 0 Å². The molecule has 1 aromatic heterocycles.